The maximum Gasteiger partial charge on any atom is 0.0244 e. The van der Waals surface area contributed by atoms with Gasteiger partial charge in [0, 0.05) is 18.6 Å². The van der Waals surface area contributed by atoms with Gasteiger partial charge in [0.05, 0.1) is 0 Å². The number of likely N-dealkylation sites (N-methyl/N-ethyl adjacent to an activating group) is 1. The first kappa shape index (κ1) is 11.4. The van der Waals surface area contributed by atoms with Gasteiger partial charge in [0.25, 0.3) is 0 Å². The van der Waals surface area contributed by atoms with Crippen molar-refractivity contribution in [3.8, 4) is 0 Å². The Morgan fingerprint density at radius 1 is 1.00 bits per heavy atom. The van der Waals surface area contributed by atoms with Crippen LogP contribution in [0.2, 0.25) is 0 Å². The average Bonchev–Trinajstić information content (AvgIpc) is 2.66. The zero-order valence-electron chi connectivity index (χ0n) is 10.1. The van der Waals surface area contributed by atoms with Gasteiger partial charge in [0.15, 0.2) is 0 Å². The maximum absolute atomic E-state index is 6.14. The Labute approximate surface area is 94.2 Å². The molecule has 2 fully saturated rings. The Morgan fingerprint density at radius 3 is 2.33 bits per heavy atom. The third-order valence-corrected chi connectivity index (χ3v) is 4.37. The highest BCUT2D eigenvalue weighted by atomic mass is 15.2. The van der Waals surface area contributed by atoms with Gasteiger partial charge in [-0.1, -0.05) is 25.7 Å². The van der Waals surface area contributed by atoms with Crippen molar-refractivity contribution in [2.45, 2.75) is 63.5 Å². The van der Waals surface area contributed by atoms with Crippen molar-refractivity contribution in [1.29, 1.82) is 0 Å². The van der Waals surface area contributed by atoms with Crippen LogP contribution >= 0.6 is 0 Å². The second-order valence-corrected chi connectivity index (χ2v) is 5.61. The van der Waals surface area contributed by atoms with E-state index in [1.54, 1.807) is 0 Å². The van der Waals surface area contributed by atoms with Gasteiger partial charge >= 0.3 is 0 Å². The summed E-state index contributed by atoms with van der Waals surface area (Å²) < 4.78 is 0. The molecule has 2 heteroatoms. The molecule has 0 aliphatic heterocycles. The van der Waals surface area contributed by atoms with Crippen LogP contribution in [0, 0.1) is 5.92 Å². The Bertz CT molecular complexity index is 187. The van der Waals surface area contributed by atoms with Crippen molar-refractivity contribution < 1.29 is 0 Å². The van der Waals surface area contributed by atoms with E-state index in [2.05, 4.69) is 11.9 Å². The molecule has 0 aromatic rings. The summed E-state index contributed by atoms with van der Waals surface area (Å²) in [5.74, 6) is 0.955. The second-order valence-electron chi connectivity index (χ2n) is 5.61. The standard InChI is InChI=1S/C13H26N2/c1-15(13-9-5-8-12(13)14)10-11-6-3-2-4-7-11/h11-13H,2-10,14H2,1H3. The number of hydrogen-bond donors (Lipinski definition) is 1. The van der Waals surface area contributed by atoms with Crippen molar-refractivity contribution in [1.82, 2.24) is 4.90 Å². The van der Waals surface area contributed by atoms with E-state index in [1.165, 1.54) is 57.9 Å². The van der Waals surface area contributed by atoms with E-state index >= 15 is 0 Å². The van der Waals surface area contributed by atoms with Gasteiger partial charge < -0.3 is 10.6 Å². The van der Waals surface area contributed by atoms with Crippen molar-refractivity contribution in [3.05, 3.63) is 0 Å². The highest BCUT2D eigenvalue weighted by Gasteiger charge is 2.28. The molecular formula is C13H26N2. The van der Waals surface area contributed by atoms with E-state index in [-0.39, 0.29) is 0 Å². The van der Waals surface area contributed by atoms with Crippen LogP contribution in [0.25, 0.3) is 0 Å². The van der Waals surface area contributed by atoms with Crippen LogP contribution in [0.4, 0.5) is 0 Å². The summed E-state index contributed by atoms with van der Waals surface area (Å²) in [4.78, 5) is 2.55. The third-order valence-electron chi connectivity index (χ3n) is 4.37. The molecule has 0 amide bonds. The molecule has 2 nitrogen and oxygen atoms in total. The van der Waals surface area contributed by atoms with Crippen LogP contribution in [0.3, 0.4) is 0 Å². The van der Waals surface area contributed by atoms with Crippen LogP contribution < -0.4 is 5.73 Å². The summed E-state index contributed by atoms with van der Waals surface area (Å²) in [6.45, 7) is 1.29. The third kappa shape index (κ3) is 2.94. The molecule has 2 atom stereocenters. The summed E-state index contributed by atoms with van der Waals surface area (Å²) >= 11 is 0. The zero-order chi connectivity index (χ0) is 10.7. The highest BCUT2D eigenvalue weighted by Crippen LogP contribution is 2.27. The summed E-state index contributed by atoms with van der Waals surface area (Å²) in [5, 5.41) is 0. The molecule has 2 rings (SSSR count). The van der Waals surface area contributed by atoms with Gasteiger partial charge in [-0.2, -0.15) is 0 Å². The summed E-state index contributed by atoms with van der Waals surface area (Å²) in [5.41, 5.74) is 6.14. The molecule has 0 heterocycles. The maximum atomic E-state index is 6.14. The Hall–Kier alpha value is -0.0800. The molecule has 0 aromatic carbocycles. The molecular weight excluding hydrogens is 184 g/mol. The topological polar surface area (TPSA) is 29.3 Å². The molecule has 88 valence electrons. The Morgan fingerprint density at radius 2 is 1.73 bits per heavy atom. The van der Waals surface area contributed by atoms with Gasteiger partial charge in [0.1, 0.15) is 0 Å². The summed E-state index contributed by atoms with van der Waals surface area (Å²) in [6, 6.07) is 1.12. The molecule has 2 aliphatic carbocycles. The average molecular weight is 210 g/mol. The molecule has 2 aliphatic rings. The number of nitrogens with zero attached hydrogens (tertiary/aromatic N) is 1. The van der Waals surface area contributed by atoms with Gasteiger partial charge in [-0.25, -0.2) is 0 Å². The normalized spacial score (nSPS) is 33.8. The monoisotopic (exact) mass is 210 g/mol. The molecule has 15 heavy (non-hydrogen) atoms. The second kappa shape index (κ2) is 5.31. The highest BCUT2D eigenvalue weighted by molar-refractivity contribution is 4.87. The van der Waals surface area contributed by atoms with Crippen molar-refractivity contribution in [2.75, 3.05) is 13.6 Å². The lowest BCUT2D eigenvalue weighted by Crippen LogP contribution is -2.44. The molecule has 0 saturated heterocycles. The lowest BCUT2D eigenvalue weighted by atomic mass is 9.88. The van der Waals surface area contributed by atoms with E-state index < -0.39 is 0 Å². The van der Waals surface area contributed by atoms with Crippen LogP contribution in [0.15, 0.2) is 0 Å². The van der Waals surface area contributed by atoms with Crippen LogP contribution in [0.5, 0.6) is 0 Å². The van der Waals surface area contributed by atoms with Crippen LogP contribution in [-0.4, -0.2) is 30.6 Å². The zero-order valence-corrected chi connectivity index (χ0v) is 10.1. The fourth-order valence-corrected chi connectivity index (χ4v) is 3.43. The largest absolute Gasteiger partial charge is 0.326 e. The fraction of sp³-hybridized carbons (Fsp3) is 1.00. The number of rotatable bonds is 3. The first-order valence-electron chi connectivity index (χ1n) is 6.73. The minimum absolute atomic E-state index is 0.443. The quantitative estimate of drug-likeness (QED) is 0.775. The lowest BCUT2D eigenvalue weighted by Gasteiger charge is -2.32. The number of hydrogen-bond acceptors (Lipinski definition) is 2. The van der Waals surface area contributed by atoms with Gasteiger partial charge in [0.2, 0.25) is 0 Å². The van der Waals surface area contributed by atoms with E-state index in [4.69, 9.17) is 5.73 Å². The summed E-state index contributed by atoms with van der Waals surface area (Å²) in [7, 11) is 2.28. The van der Waals surface area contributed by atoms with Crippen LogP contribution in [0.1, 0.15) is 51.4 Å². The minimum atomic E-state index is 0.443. The molecule has 0 bridgehead atoms. The molecule has 0 radical (unpaired) electrons. The fourth-order valence-electron chi connectivity index (χ4n) is 3.43. The van der Waals surface area contributed by atoms with E-state index in [0.717, 1.165) is 5.92 Å². The van der Waals surface area contributed by atoms with Crippen LogP contribution in [-0.2, 0) is 0 Å². The van der Waals surface area contributed by atoms with E-state index in [0.29, 0.717) is 12.1 Å². The van der Waals surface area contributed by atoms with Crippen molar-refractivity contribution in [3.63, 3.8) is 0 Å². The predicted molar refractivity (Wildman–Crippen MR) is 64.8 cm³/mol. The smallest absolute Gasteiger partial charge is 0.0244 e. The Kier molecular flexibility index (Phi) is 4.04. The van der Waals surface area contributed by atoms with Gasteiger partial charge in [-0.05, 0) is 38.6 Å². The van der Waals surface area contributed by atoms with Crippen molar-refractivity contribution in [2.24, 2.45) is 11.7 Å². The summed E-state index contributed by atoms with van der Waals surface area (Å²) in [6.07, 6.45) is 11.2. The SMILES string of the molecule is CN(CC1CCCCC1)C1CCCC1N. The Balaban J connectivity index is 1.77. The first-order chi connectivity index (χ1) is 7.27. The first-order valence-corrected chi connectivity index (χ1v) is 6.73. The number of nitrogens with two attached hydrogens (primary N) is 1. The molecule has 0 spiro atoms. The predicted octanol–water partition coefficient (Wildman–Crippen LogP) is 2.38. The minimum Gasteiger partial charge on any atom is -0.326 e. The lowest BCUT2D eigenvalue weighted by molar-refractivity contribution is 0.173. The van der Waals surface area contributed by atoms with E-state index in [9.17, 15) is 0 Å². The molecule has 2 N–H and O–H groups in total. The van der Waals surface area contributed by atoms with Gasteiger partial charge in [-0.15, -0.1) is 0 Å². The van der Waals surface area contributed by atoms with E-state index in [1.807, 2.05) is 0 Å². The van der Waals surface area contributed by atoms with Crippen molar-refractivity contribution >= 4 is 0 Å². The molecule has 2 unspecified atom stereocenters. The van der Waals surface area contributed by atoms with Gasteiger partial charge in [-0.3, -0.25) is 0 Å². The molecule has 0 aromatic heterocycles. The molecule has 2 saturated carbocycles.